The third-order valence-corrected chi connectivity index (χ3v) is 2.88. The highest BCUT2D eigenvalue weighted by molar-refractivity contribution is 5.76. The van der Waals surface area contributed by atoms with Crippen molar-refractivity contribution in [3.8, 4) is 0 Å². The number of ether oxygens (including phenoxy) is 1. The van der Waals surface area contributed by atoms with E-state index in [1.54, 1.807) is 13.8 Å². The highest BCUT2D eigenvalue weighted by Gasteiger charge is 2.38. The van der Waals surface area contributed by atoms with Gasteiger partial charge in [0.05, 0.1) is 18.6 Å². The van der Waals surface area contributed by atoms with Gasteiger partial charge in [0, 0.05) is 0 Å². The minimum absolute atomic E-state index is 0.414. The maximum atomic E-state index is 11.6. The van der Waals surface area contributed by atoms with Crippen LogP contribution in [0.15, 0.2) is 24.3 Å². The molecule has 3 heteroatoms. The lowest BCUT2D eigenvalue weighted by atomic mass is 9.81. The molecular formula is C13H18O3. The molecule has 1 rings (SSSR count). The monoisotopic (exact) mass is 222 g/mol. The summed E-state index contributed by atoms with van der Waals surface area (Å²) in [5, 5.41) is 10.2. The number of hydrogen-bond donors (Lipinski definition) is 1. The van der Waals surface area contributed by atoms with Gasteiger partial charge in [0.1, 0.15) is 0 Å². The van der Waals surface area contributed by atoms with E-state index in [4.69, 9.17) is 4.74 Å². The van der Waals surface area contributed by atoms with Gasteiger partial charge in [-0.15, -0.1) is 0 Å². The highest BCUT2D eigenvalue weighted by atomic mass is 16.5. The van der Waals surface area contributed by atoms with Gasteiger partial charge in [-0.1, -0.05) is 24.3 Å². The molecule has 0 saturated carbocycles. The number of esters is 1. The van der Waals surface area contributed by atoms with Crippen LogP contribution < -0.4 is 0 Å². The normalized spacial score (nSPS) is 13.3. The van der Waals surface area contributed by atoms with Crippen molar-refractivity contribution in [1.29, 1.82) is 0 Å². The lowest BCUT2D eigenvalue weighted by Crippen LogP contribution is -2.32. The molecule has 0 heterocycles. The molecule has 0 amide bonds. The fourth-order valence-corrected chi connectivity index (χ4v) is 1.66. The van der Waals surface area contributed by atoms with Gasteiger partial charge in [-0.3, -0.25) is 4.79 Å². The van der Waals surface area contributed by atoms with Gasteiger partial charge in [-0.25, -0.2) is 0 Å². The van der Waals surface area contributed by atoms with Gasteiger partial charge in [-0.05, 0) is 31.9 Å². The molecule has 3 nitrogen and oxygen atoms in total. The largest absolute Gasteiger partial charge is 0.469 e. The Morgan fingerprint density at radius 1 is 1.38 bits per heavy atom. The van der Waals surface area contributed by atoms with Crippen LogP contribution in [-0.2, 0) is 9.53 Å². The van der Waals surface area contributed by atoms with Crippen molar-refractivity contribution in [2.24, 2.45) is 5.41 Å². The average Bonchev–Trinajstić information content (AvgIpc) is 2.27. The standard InChI is InChI=1S/C13H18O3/c1-9-7-5-6-8-10(9)11(14)13(2,3)12(15)16-4/h5-8,11,14H,1-4H3/t11-/m1/s1. The second kappa shape index (κ2) is 4.66. The van der Waals surface area contributed by atoms with Crippen LogP contribution in [0.5, 0.6) is 0 Å². The SMILES string of the molecule is COC(=O)C(C)(C)[C@H](O)c1ccccc1C. The number of aliphatic hydroxyl groups excluding tert-OH is 1. The Balaban J connectivity index is 3.07. The number of benzene rings is 1. The van der Waals surface area contributed by atoms with Crippen molar-refractivity contribution in [3.63, 3.8) is 0 Å². The molecule has 0 fully saturated rings. The Morgan fingerprint density at radius 3 is 2.44 bits per heavy atom. The summed E-state index contributed by atoms with van der Waals surface area (Å²) < 4.78 is 4.70. The van der Waals surface area contributed by atoms with E-state index in [2.05, 4.69) is 0 Å². The van der Waals surface area contributed by atoms with Crippen LogP contribution in [0.3, 0.4) is 0 Å². The third-order valence-electron chi connectivity index (χ3n) is 2.88. The zero-order valence-corrected chi connectivity index (χ0v) is 10.2. The molecule has 1 aromatic carbocycles. The third kappa shape index (κ3) is 2.25. The maximum Gasteiger partial charge on any atom is 0.314 e. The van der Waals surface area contributed by atoms with Gasteiger partial charge >= 0.3 is 5.97 Å². The van der Waals surface area contributed by atoms with E-state index in [1.165, 1.54) is 7.11 Å². The van der Waals surface area contributed by atoms with Crippen LogP contribution in [-0.4, -0.2) is 18.2 Å². The van der Waals surface area contributed by atoms with Gasteiger partial charge < -0.3 is 9.84 Å². The molecule has 16 heavy (non-hydrogen) atoms. The van der Waals surface area contributed by atoms with E-state index in [1.807, 2.05) is 31.2 Å². The Hall–Kier alpha value is -1.35. The summed E-state index contributed by atoms with van der Waals surface area (Å²) in [5.41, 5.74) is 0.783. The van der Waals surface area contributed by atoms with Crippen molar-refractivity contribution in [2.75, 3.05) is 7.11 Å². The summed E-state index contributed by atoms with van der Waals surface area (Å²) >= 11 is 0. The van der Waals surface area contributed by atoms with Crippen LogP contribution in [0.25, 0.3) is 0 Å². The van der Waals surface area contributed by atoms with Crippen LogP contribution in [0.1, 0.15) is 31.1 Å². The zero-order chi connectivity index (χ0) is 12.3. The second-order valence-electron chi connectivity index (χ2n) is 4.47. The van der Waals surface area contributed by atoms with Crippen molar-refractivity contribution in [3.05, 3.63) is 35.4 Å². The smallest absolute Gasteiger partial charge is 0.314 e. The molecule has 1 N–H and O–H groups in total. The number of rotatable bonds is 3. The van der Waals surface area contributed by atoms with Crippen LogP contribution >= 0.6 is 0 Å². The van der Waals surface area contributed by atoms with Crippen LogP contribution in [0.2, 0.25) is 0 Å². The van der Waals surface area contributed by atoms with E-state index in [9.17, 15) is 9.90 Å². The van der Waals surface area contributed by atoms with Gasteiger partial charge in [0.15, 0.2) is 0 Å². The Morgan fingerprint density at radius 2 is 1.94 bits per heavy atom. The van der Waals surface area contributed by atoms with Crippen molar-refractivity contribution in [1.82, 2.24) is 0 Å². The summed E-state index contributed by atoms with van der Waals surface area (Å²) in [5.74, 6) is -0.414. The first-order valence-corrected chi connectivity index (χ1v) is 5.23. The predicted octanol–water partition coefficient (Wildman–Crippen LogP) is 2.23. The lowest BCUT2D eigenvalue weighted by Gasteiger charge is -2.28. The lowest BCUT2D eigenvalue weighted by molar-refractivity contribution is -0.157. The molecule has 1 atom stereocenters. The Kier molecular flexibility index (Phi) is 3.70. The summed E-state index contributed by atoms with van der Waals surface area (Å²) in [4.78, 5) is 11.6. The fourth-order valence-electron chi connectivity index (χ4n) is 1.66. The van der Waals surface area contributed by atoms with E-state index >= 15 is 0 Å². The van der Waals surface area contributed by atoms with Crippen LogP contribution in [0, 0.1) is 12.3 Å². The minimum atomic E-state index is -0.944. The number of aryl methyl sites for hydroxylation is 1. The first-order valence-electron chi connectivity index (χ1n) is 5.23. The van der Waals surface area contributed by atoms with Crippen LogP contribution in [0.4, 0.5) is 0 Å². The van der Waals surface area contributed by atoms with Crippen molar-refractivity contribution >= 4 is 5.97 Å². The molecule has 0 radical (unpaired) electrons. The summed E-state index contributed by atoms with van der Waals surface area (Å²) in [7, 11) is 1.33. The van der Waals surface area contributed by atoms with E-state index in [0.29, 0.717) is 0 Å². The first kappa shape index (κ1) is 12.7. The molecule has 88 valence electrons. The van der Waals surface area contributed by atoms with E-state index in [-0.39, 0.29) is 0 Å². The first-order chi connectivity index (χ1) is 7.41. The van der Waals surface area contributed by atoms with Crippen molar-refractivity contribution in [2.45, 2.75) is 26.9 Å². The van der Waals surface area contributed by atoms with E-state index < -0.39 is 17.5 Å². The molecular weight excluding hydrogens is 204 g/mol. The molecule has 0 unspecified atom stereocenters. The maximum absolute atomic E-state index is 11.6. The molecule has 0 bridgehead atoms. The van der Waals surface area contributed by atoms with E-state index in [0.717, 1.165) is 11.1 Å². The molecule has 0 aliphatic rings. The molecule has 0 aliphatic carbocycles. The van der Waals surface area contributed by atoms with Gasteiger partial charge in [0.2, 0.25) is 0 Å². The number of methoxy groups -OCH3 is 1. The molecule has 0 saturated heterocycles. The average molecular weight is 222 g/mol. The number of carbonyl (C=O) groups is 1. The van der Waals surface area contributed by atoms with Gasteiger partial charge in [-0.2, -0.15) is 0 Å². The summed E-state index contributed by atoms with van der Waals surface area (Å²) in [6, 6.07) is 7.48. The highest BCUT2D eigenvalue weighted by Crippen LogP contribution is 2.35. The summed E-state index contributed by atoms with van der Waals surface area (Å²) in [6.45, 7) is 5.26. The number of hydrogen-bond acceptors (Lipinski definition) is 3. The topological polar surface area (TPSA) is 46.5 Å². The quantitative estimate of drug-likeness (QED) is 0.798. The number of carbonyl (C=O) groups excluding carboxylic acids is 1. The van der Waals surface area contributed by atoms with Crippen molar-refractivity contribution < 1.29 is 14.6 Å². The molecule has 0 aromatic heterocycles. The minimum Gasteiger partial charge on any atom is -0.469 e. The zero-order valence-electron chi connectivity index (χ0n) is 10.2. The second-order valence-corrected chi connectivity index (χ2v) is 4.47. The summed E-state index contributed by atoms with van der Waals surface area (Å²) in [6.07, 6.45) is -0.860. The fraction of sp³-hybridized carbons (Fsp3) is 0.462. The van der Waals surface area contributed by atoms with Gasteiger partial charge in [0.25, 0.3) is 0 Å². The molecule has 0 spiro atoms. The Bertz CT molecular complexity index is 383. The Labute approximate surface area is 96.1 Å². The molecule has 0 aliphatic heterocycles. The molecule has 1 aromatic rings. The predicted molar refractivity (Wildman–Crippen MR) is 61.9 cm³/mol. The number of aliphatic hydroxyl groups is 1.